The Balaban J connectivity index is 1.90. The third kappa shape index (κ3) is 3.92. The predicted molar refractivity (Wildman–Crippen MR) is 133 cm³/mol. The van der Waals surface area contributed by atoms with Crippen LogP contribution >= 0.6 is 7.72 Å². The number of phenols is 1. The summed E-state index contributed by atoms with van der Waals surface area (Å²) in [5.41, 5.74) is 4.28. The second-order valence-electron chi connectivity index (χ2n) is 10.7. The van der Waals surface area contributed by atoms with E-state index in [9.17, 15) is 10.4 Å². The Morgan fingerprint density at radius 3 is 1.91 bits per heavy atom. The van der Waals surface area contributed by atoms with Crippen molar-refractivity contribution < 1.29 is 19.6 Å². The molecule has 3 aromatic carbocycles. The van der Waals surface area contributed by atoms with Crippen LogP contribution in [0.4, 0.5) is 0 Å². The van der Waals surface area contributed by atoms with Crippen molar-refractivity contribution in [3.63, 3.8) is 0 Å². The molecule has 1 aliphatic rings. The van der Waals surface area contributed by atoms with Crippen molar-refractivity contribution in [2.45, 2.75) is 58.5 Å². The summed E-state index contributed by atoms with van der Waals surface area (Å²) in [5, 5.41) is 22.3. The minimum atomic E-state index is -3.28. The molecular formula is C27H33O4P. The summed E-state index contributed by atoms with van der Waals surface area (Å²) < 4.78 is 11.8. The van der Waals surface area contributed by atoms with E-state index in [2.05, 4.69) is 47.6 Å². The zero-order chi connectivity index (χ0) is 23.3. The van der Waals surface area contributed by atoms with Crippen LogP contribution in [0.3, 0.4) is 0 Å². The average molecular weight is 453 g/mol. The number of aromatic hydroxyl groups is 1. The van der Waals surface area contributed by atoms with E-state index in [1.807, 2.05) is 54.6 Å². The third-order valence-electron chi connectivity index (χ3n) is 6.16. The summed E-state index contributed by atoms with van der Waals surface area (Å²) in [5.74, 6) is 1.06. The van der Waals surface area contributed by atoms with Gasteiger partial charge < -0.3 is 0 Å². The molecule has 0 saturated carbocycles. The molecule has 0 atom stereocenters. The van der Waals surface area contributed by atoms with Gasteiger partial charge in [-0.2, -0.15) is 0 Å². The van der Waals surface area contributed by atoms with Gasteiger partial charge in [0.1, 0.15) is 0 Å². The molecule has 0 spiro atoms. The van der Waals surface area contributed by atoms with E-state index in [0.717, 1.165) is 38.9 Å². The molecular weight excluding hydrogens is 419 g/mol. The Morgan fingerprint density at radius 1 is 0.812 bits per heavy atom. The van der Waals surface area contributed by atoms with Gasteiger partial charge in [0.2, 0.25) is 0 Å². The van der Waals surface area contributed by atoms with Crippen molar-refractivity contribution >= 4 is 13.0 Å². The van der Waals surface area contributed by atoms with Crippen molar-refractivity contribution in [2.24, 2.45) is 0 Å². The number of fused-ring (bicyclic) bond motifs is 3. The Hall–Kier alpha value is -2.39. The topological polar surface area (TPSA) is 58.9 Å². The first kappa shape index (κ1) is 22.8. The molecule has 5 heteroatoms. The summed E-state index contributed by atoms with van der Waals surface area (Å²) in [7, 11) is -3.28. The van der Waals surface area contributed by atoms with Crippen LogP contribution in [0.5, 0.6) is 11.5 Å². The first-order chi connectivity index (χ1) is 15.0. The van der Waals surface area contributed by atoms with E-state index >= 15 is 0 Å². The van der Waals surface area contributed by atoms with Gasteiger partial charge in [-0.05, 0) is 0 Å². The molecule has 32 heavy (non-hydrogen) atoms. The van der Waals surface area contributed by atoms with E-state index in [0.29, 0.717) is 11.9 Å². The molecule has 1 aliphatic heterocycles. The first-order valence-corrected chi connectivity index (χ1v) is 13.1. The Kier molecular flexibility index (Phi) is 5.61. The second kappa shape index (κ2) is 7.88. The van der Waals surface area contributed by atoms with Gasteiger partial charge in [0.15, 0.2) is 0 Å². The van der Waals surface area contributed by atoms with Crippen LogP contribution in [0.15, 0.2) is 60.7 Å². The molecule has 0 fully saturated rings. The minimum absolute atomic E-state index is 0.243. The SMILES string of the molecule is CC(C)(C)c1cc(C[PH]2(OO)Oc3ccccc3-c3ccccc32)cc(C(C)(C)C)c1O. The zero-order valence-electron chi connectivity index (χ0n) is 19.7. The molecule has 0 unspecified atom stereocenters. The molecule has 1 heterocycles. The van der Waals surface area contributed by atoms with Crippen molar-refractivity contribution in [2.75, 3.05) is 0 Å². The number of hydrogen-bond donors (Lipinski definition) is 2. The van der Waals surface area contributed by atoms with E-state index in [-0.39, 0.29) is 10.8 Å². The summed E-state index contributed by atoms with van der Waals surface area (Å²) in [6.07, 6.45) is 0.418. The van der Waals surface area contributed by atoms with E-state index in [4.69, 9.17) is 9.20 Å². The number of rotatable bonds is 3. The van der Waals surface area contributed by atoms with E-state index in [1.165, 1.54) is 0 Å². The molecule has 4 rings (SSSR count). The van der Waals surface area contributed by atoms with E-state index in [1.54, 1.807) is 0 Å². The summed E-state index contributed by atoms with van der Waals surface area (Å²) in [6.45, 7) is 12.6. The normalized spacial score (nSPS) is 16.0. The average Bonchev–Trinajstić information content (AvgIpc) is 2.73. The van der Waals surface area contributed by atoms with Crippen LogP contribution in [0, 0.1) is 0 Å². The molecule has 0 bridgehead atoms. The Bertz CT molecular complexity index is 1120. The summed E-state index contributed by atoms with van der Waals surface area (Å²) >= 11 is 0. The molecule has 3 aromatic rings. The number of para-hydroxylation sites is 1. The molecule has 0 aromatic heterocycles. The second-order valence-corrected chi connectivity index (χ2v) is 13.5. The van der Waals surface area contributed by atoms with Crippen LogP contribution in [-0.2, 0) is 21.7 Å². The van der Waals surface area contributed by atoms with Gasteiger partial charge in [0, 0.05) is 0 Å². The first-order valence-electron chi connectivity index (χ1n) is 11.0. The van der Waals surface area contributed by atoms with Gasteiger partial charge in [0.05, 0.1) is 0 Å². The molecule has 0 aliphatic carbocycles. The fourth-order valence-corrected chi connectivity index (χ4v) is 7.33. The maximum absolute atomic E-state index is 11.1. The van der Waals surface area contributed by atoms with Gasteiger partial charge in [-0.3, -0.25) is 0 Å². The van der Waals surface area contributed by atoms with Crippen molar-refractivity contribution in [1.82, 2.24) is 0 Å². The fraction of sp³-hybridized carbons (Fsp3) is 0.333. The van der Waals surface area contributed by atoms with Gasteiger partial charge in [-0.1, -0.05) is 0 Å². The fourth-order valence-electron chi connectivity index (χ4n) is 4.50. The number of phenolic OH excluding ortho intramolecular Hbond substituents is 1. The van der Waals surface area contributed by atoms with Crippen LogP contribution in [0.25, 0.3) is 11.1 Å². The number of hydrogen-bond acceptors (Lipinski definition) is 4. The van der Waals surface area contributed by atoms with Crippen molar-refractivity contribution in [3.05, 3.63) is 77.4 Å². The molecule has 2 N–H and O–H groups in total. The Morgan fingerprint density at radius 2 is 1.34 bits per heavy atom. The summed E-state index contributed by atoms with van der Waals surface area (Å²) in [4.78, 5) is 0. The Labute approximate surface area is 191 Å². The van der Waals surface area contributed by atoms with Gasteiger partial charge in [0.25, 0.3) is 0 Å². The quantitative estimate of drug-likeness (QED) is 0.257. The molecule has 4 nitrogen and oxygen atoms in total. The molecule has 0 amide bonds. The summed E-state index contributed by atoms with van der Waals surface area (Å²) in [6, 6.07) is 19.9. The third-order valence-corrected chi connectivity index (χ3v) is 9.13. The number of benzene rings is 3. The van der Waals surface area contributed by atoms with Gasteiger partial charge >= 0.3 is 191 Å². The van der Waals surface area contributed by atoms with Crippen molar-refractivity contribution in [1.29, 1.82) is 0 Å². The van der Waals surface area contributed by atoms with Gasteiger partial charge in [-0.25, -0.2) is 0 Å². The monoisotopic (exact) mass is 452 g/mol. The standard InChI is InChI=1S/C27H33O4P/c1-26(2,3)21-15-18(16-22(25(21)28)27(4,5)6)17-32(31-29)24-14-10-8-12-20(24)19-11-7-9-13-23(19)30-32/h7-16,28-29,32H,17H2,1-6H3. The zero-order valence-corrected chi connectivity index (χ0v) is 20.7. The van der Waals surface area contributed by atoms with Crippen LogP contribution < -0.4 is 9.83 Å². The molecule has 0 radical (unpaired) electrons. The van der Waals surface area contributed by atoms with Crippen LogP contribution in [-0.4, -0.2) is 10.4 Å². The van der Waals surface area contributed by atoms with Crippen molar-refractivity contribution in [3.8, 4) is 22.6 Å². The van der Waals surface area contributed by atoms with E-state index < -0.39 is 7.72 Å². The van der Waals surface area contributed by atoms with Crippen LogP contribution in [0.1, 0.15) is 58.2 Å². The van der Waals surface area contributed by atoms with Crippen LogP contribution in [0.2, 0.25) is 0 Å². The predicted octanol–water partition coefficient (Wildman–Crippen LogP) is 6.94. The van der Waals surface area contributed by atoms with Gasteiger partial charge in [-0.15, -0.1) is 0 Å². The maximum atomic E-state index is 11.1. The molecule has 0 saturated heterocycles. The molecule has 170 valence electrons.